The Kier molecular flexibility index (Phi) is 6.74. The molecule has 32 heavy (non-hydrogen) atoms. The van der Waals surface area contributed by atoms with Crippen molar-refractivity contribution < 1.29 is 37.8 Å². The predicted octanol–water partition coefficient (Wildman–Crippen LogP) is 1.75. The van der Waals surface area contributed by atoms with Crippen LogP contribution in [0.3, 0.4) is 0 Å². The summed E-state index contributed by atoms with van der Waals surface area (Å²) in [5.74, 6) is -2.68. The maximum Gasteiger partial charge on any atom is 0.351 e. The summed E-state index contributed by atoms with van der Waals surface area (Å²) >= 11 is 0. The number of nitrogens with two attached hydrogens (primary N) is 1. The molecule has 0 radical (unpaired) electrons. The van der Waals surface area contributed by atoms with Crippen LogP contribution in [0.2, 0.25) is 0 Å². The molecular formula is C22H21FN2O7. The molecule has 3 aromatic rings. The van der Waals surface area contributed by atoms with E-state index in [1.165, 1.54) is 36.4 Å². The zero-order valence-electron chi connectivity index (χ0n) is 17.3. The number of ether oxygens (including phenoxy) is 2. The smallest absolute Gasteiger partial charge is 0.351 e. The number of halogens is 1. The van der Waals surface area contributed by atoms with E-state index in [1.54, 1.807) is 13.0 Å². The number of carbonyl (C=O) groups excluding carboxylic acids is 3. The number of carbonyl (C=O) groups is 3. The highest BCUT2D eigenvalue weighted by Gasteiger charge is 2.28. The Hall–Kier alpha value is -3.92. The molecule has 168 valence electrons. The van der Waals surface area contributed by atoms with E-state index in [9.17, 15) is 23.9 Å². The second-order valence-electron chi connectivity index (χ2n) is 6.84. The van der Waals surface area contributed by atoms with Crippen LogP contribution in [-0.4, -0.2) is 42.6 Å². The molecule has 0 aliphatic rings. The molecule has 0 saturated heterocycles. The number of primary amides is 1. The molecule has 1 aromatic heterocycles. The number of fused-ring (bicyclic) bond motifs is 1. The topological polar surface area (TPSA) is 141 Å². The van der Waals surface area contributed by atoms with Crippen molar-refractivity contribution in [1.82, 2.24) is 5.32 Å². The number of rotatable bonds is 8. The van der Waals surface area contributed by atoms with Crippen molar-refractivity contribution in [3.8, 4) is 5.75 Å². The molecule has 1 heterocycles. The van der Waals surface area contributed by atoms with Gasteiger partial charge in [0.15, 0.2) is 0 Å². The van der Waals surface area contributed by atoms with Gasteiger partial charge in [-0.2, -0.15) is 0 Å². The highest BCUT2D eigenvalue weighted by molar-refractivity contribution is 6.08. The molecule has 2 aromatic carbocycles. The van der Waals surface area contributed by atoms with Crippen LogP contribution in [0.25, 0.3) is 11.0 Å². The van der Waals surface area contributed by atoms with E-state index in [4.69, 9.17) is 19.6 Å². The number of hydrogen-bond acceptors (Lipinski definition) is 7. The van der Waals surface area contributed by atoms with Crippen LogP contribution in [0.15, 0.2) is 46.9 Å². The second-order valence-corrected chi connectivity index (χ2v) is 6.84. The summed E-state index contributed by atoms with van der Waals surface area (Å²) in [6.45, 7) is 0.873. The van der Waals surface area contributed by atoms with Crippen LogP contribution in [0.5, 0.6) is 5.75 Å². The standard InChI is InChI=1S/C22H21FN2O7/c1-11-18(21(28)25-16(10-26)20(24)27)14-9-12(7-8-17(14)31-11)32-19(22(29)30-2)13-5-3-4-6-15(13)23/h3-9,16,19,26H,10H2,1-2H3,(H2,24,27)(H,25,28)/t16-,19?/m0/s1. The first-order valence-corrected chi connectivity index (χ1v) is 9.50. The molecule has 9 nitrogen and oxygen atoms in total. The van der Waals surface area contributed by atoms with Crippen molar-refractivity contribution in [2.24, 2.45) is 5.73 Å². The zero-order valence-corrected chi connectivity index (χ0v) is 17.3. The minimum absolute atomic E-state index is 0.0203. The molecule has 0 saturated carbocycles. The summed E-state index contributed by atoms with van der Waals surface area (Å²) in [6.07, 6.45) is -1.39. The van der Waals surface area contributed by atoms with Crippen LogP contribution >= 0.6 is 0 Å². The van der Waals surface area contributed by atoms with Gasteiger partial charge in [0.1, 0.15) is 29.0 Å². The number of benzene rings is 2. The Morgan fingerprint density at radius 3 is 2.56 bits per heavy atom. The molecule has 2 amide bonds. The number of amides is 2. The van der Waals surface area contributed by atoms with Gasteiger partial charge in [0.2, 0.25) is 12.0 Å². The van der Waals surface area contributed by atoms with Gasteiger partial charge in [0, 0.05) is 10.9 Å². The van der Waals surface area contributed by atoms with Gasteiger partial charge < -0.3 is 30.0 Å². The number of aliphatic hydroxyl groups excluding tert-OH is 1. The number of aliphatic hydroxyl groups is 1. The van der Waals surface area contributed by atoms with Crippen LogP contribution in [0.1, 0.15) is 27.8 Å². The Balaban J connectivity index is 1.99. The second kappa shape index (κ2) is 9.48. The van der Waals surface area contributed by atoms with E-state index in [2.05, 4.69) is 5.32 Å². The number of hydrogen-bond donors (Lipinski definition) is 3. The molecule has 4 N–H and O–H groups in total. The zero-order chi connectivity index (χ0) is 23.4. The largest absolute Gasteiger partial charge is 0.474 e. The van der Waals surface area contributed by atoms with Crippen molar-refractivity contribution in [2.45, 2.75) is 19.1 Å². The van der Waals surface area contributed by atoms with E-state index in [0.29, 0.717) is 11.0 Å². The lowest BCUT2D eigenvalue weighted by atomic mass is 10.1. The summed E-state index contributed by atoms with van der Waals surface area (Å²) in [4.78, 5) is 36.3. The Morgan fingerprint density at radius 1 is 1.22 bits per heavy atom. The SMILES string of the molecule is COC(=O)C(Oc1ccc2oc(C)c(C(=O)N[C@@H](CO)C(N)=O)c2c1)c1ccccc1F. The molecule has 1 unspecified atom stereocenters. The number of methoxy groups -OCH3 is 1. The Morgan fingerprint density at radius 2 is 1.94 bits per heavy atom. The predicted molar refractivity (Wildman–Crippen MR) is 110 cm³/mol. The monoisotopic (exact) mass is 444 g/mol. The van der Waals surface area contributed by atoms with Gasteiger partial charge in [0.05, 0.1) is 19.3 Å². The lowest BCUT2D eigenvalue weighted by Gasteiger charge is -2.18. The quantitative estimate of drug-likeness (QED) is 0.450. The van der Waals surface area contributed by atoms with Crippen molar-refractivity contribution in [1.29, 1.82) is 0 Å². The number of aryl methyl sites for hydroxylation is 1. The van der Waals surface area contributed by atoms with Gasteiger partial charge in [-0.25, -0.2) is 9.18 Å². The van der Waals surface area contributed by atoms with Gasteiger partial charge in [-0.1, -0.05) is 18.2 Å². The van der Waals surface area contributed by atoms with Crippen molar-refractivity contribution in [3.63, 3.8) is 0 Å². The maximum atomic E-state index is 14.3. The molecule has 3 rings (SSSR count). The maximum absolute atomic E-state index is 14.3. The van der Waals surface area contributed by atoms with Crippen molar-refractivity contribution >= 4 is 28.8 Å². The van der Waals surface area contributed by atoms with Gasteiger partial charge in [-0.15, -0.1) is 0 Å². The minimum atomic E-state index is -1.39. The first kappa shape index (κ1) is 22.8. The van der Waals surface area contributed by atoms with E-state index < -0.39 is 42.4 Å². The highest BCUT2D eigenvalue weighted by Crippen LogP contribution is 2.32. The summed E-state index contributed by atoms with van der Waals surface area (Å²) in [7, 11) is 1.15. The average molecular weight is 444 g/mol. The molecule has 2 atom stereocenters. The third-order valence-corrected chi connectivity index (χ3v) is 4.75. The van der Waals surface area contributed by atoms with Gasteiger partial charge >= 0.3 is 5.97 Å². The lowest BCUT2D eigenvalue weighted by molar-refractivity contribution is -0.149. The van der Waals surface area contributed by atoms with E-state index in [1.807, 2.05) is 0 Å². The highest BCUT2D eigenvalue weighted by atomic mass is 19.1. The van der Waals surface area contributed by atoms with Crippen molar-refractivity contribution in [2.75, 3.05) is 13.7 Å². The van der Waals surface area contributed by atoms with E-state index in [-0.39, 0.29) is 22.6 Å². The van der Waals surface area contributed by atoms with Crippen LogP contribution in [0, 0.1) is 12.7 Å². The summed E-state index contributed by atoms with van der Waals surface area (Å²) in [5, 5.41) is 11.9. The molecule has 0 aliphatic heterocycles. The van der Waals surface area contributed by atoms with Crippen LogP contribution in [-0.2, 0) is 14.3 Å². The van der Waals surface area contributed by atoms with Crippen molar-refractivity contribution in [3.05, 3.63) is 65.2 Å². The third kappa shape index (κ3) is 4.54. The van der Waals surface area contributed by atoms with E-state index >= 15 is 0 Å². The summed E-state index contributed by atoms with van der Waals surface area (Å²) in [5.41, 5.74) is 5.56. The van der Waals surface area contributed by atoms with Gasteiger partial charge in [0.25, 0.3) is 5.91 Å². The molecule has 0 spiro atoms. The van der Waals surface area contributed by atoms with Gasteiger partial charge in [-0.3, -0.25) is 9.59 Å². The summed E-state index contributed by atoms with van der Waals surface area (Å²) < 4.78 is 30.3. The average Bonchev–Trinajstić information content (AvgIpc) is 3.10. The van der Waals surface area contributed by atoms with Crippen LogP contribution < -0.4 is 15.8 Å². The first-order valence-electron chi connectivity index (χ1n) is 9.50. The third-order valence-electron chi connectivity index (χ3n) is 4.75. The van der Waals surface area contributed by atoms with Gasteiger partial charge in [-0.05, 0) is 31.2 Å². The summed E-state index contributed by atoms with van der Waals surface area (Å²) in [6, 6.07) is 8.78. The normalized spacial score (nSPS) is 12.8. The number of esters is 1. The minimum Gasteiger partial charge on any atom is -0.474 e. The number of nitrogens with one attached hydrogen (secondary N) is 1. The first-order chi connectivity index (χ1) is 15.3. The molecule has 0 fully saturated rings. The van der Waals surface area contributed by atoms with E-state index in [0.717, 1.165) is 7.11 Å². The molecule has 0 bridgehead atoms. The fraction of sp³-hybridized carbons (Fsp3) is 0.227. The fourth-order valence-electron chi connectivity index (χ4n) is 3.16. The Bertz CT molecular complexity index is 1170. The Labute approximate surface area is 181 Å². The fourth-order valence-corrected chi connectivity index (χ4v) is 3.16. The lowest BCUT2D eigenvalue weighted by Crippen LogP contribution is -2.46. The van der Waals surface area contributed by atoms with Crippen LogP contribution in [0.4, 0.5) is 4.39 Å². The molecule has 10 heteroatoms. The molecular weight excluding hydrogens is 423 g/mol. The molecule has 0 aliphatic carbocycles. The number of furan rings is 1.